The lowest BCUT2D eigenvalue weighted by Gasteiger charge is -2.24. The number of sulfonamides is 1. The first-order valence-corrected chi connectivity index (χ1v) is 9.41. The molecule has 1 saturated carbocycles. The molecule has 2 aliphatic rings. The highest BCUT2D eigenvalue weighted by atomic mass is 32.2. The second-order valence-electron chi connectivity index (χ2n) is 6.47. The zero-order chi connectivity index (χ0) is 17.5. The molecule has 3 atom stereocenters. The number of nitrogens with zero attached hydrogens (tertiary/aromatic N) is 1. The Morgan fingerprint density at radius 1 is 1.38 bits per heavy atom. The van der Waals surface area contributed by atoms with Gasteiger partial charge >= 0.3 is 0 Å². The summed E-state index contributed by atoms with van der Waals surface area (Å²) in [5, 5.41) is 5.05. The fraction of sp³-hybridized carbons (Fsp3) is 0.533. The van der Waals surface area contributed by atoms with Gasteiger partial charge in [0, 0.05) is 25.7 Å². The molecule has 3 rings (SSSR count). The number of nitrogens with two attached hydrogens (primary N) is 1. The van der Waals surface area contributed by atoms with Crippen LogP contribution in [0.2, 0.25) is 0 Å². The summed E-state index contributed by atoms with van der Waals surface area (Å²) < 4.78 is 36.8. The van der Waals surface area contributed by atoms with Gasteiger partial charge in [0.2, 0.25) is 10.0 Å². The summed E-state index contributed by atoms with van der Waals surface area (Å²) in [4.78, 5) is 13.7. The van der Waals surface area contributed by atoms with E-state index in [4.69, 9.17) is 5.14 Å². The number of hydrogen-bond acceptors (Lipinski definition) is 5. The summed E-state index contributed by atoms with van der Waals surface area (Å²) in [6, 6.07) is 3.50. The van der Waals surface area contributed by atoms with Crippen molar-refractivity contribution in [3.8, 4) is 0 Å². The first-order valence-electron chi connectivity index (χ1n) is 7.86. The molecule has 0 radical (unpaired) electrons. The van der Waals surface area contributed by atoms with E-state index in [9.17, 15) is 17.6 Å². The van der Waals surface area contributed by atoms with Crippen LogP contribution < -0.4 is 16.0 Å². The van der Waals surface area contributed by atoms with Gasteiger partial charge < -0.3 is 4.90 Å². The second-order valence-corrected chi connectivity index (χ2v) is 8.03. The van der Waals surface area contributed by atoms with Crippen molar-refractivity contribution in [2.24, 2.45) is 11.1 Å². The predicted octanol–water partition coefficient (Wildman–Crippen LogP) is 0.190. The van der Waals surface area contributed by atoms with Gasteiger partial charge in [-0.3, -0.25) is 15.6 Å². The van der Waals surface area contributed by atoms with E-state index in [1.165, 1.54) is 4.90 Å². The van der Waals surface area contributed by atoms with Gasteiger partial charge in [-0.25, -0.2) is 17.9 Å². The molecule has 132 valence electrons. The molecule has 24 heavy (non-hydrogen) atoms. The lowest BCUT2D eigenvalue weighted by Crippen LogP contribution is -2.43. The van der Waals surface area contributed by atoms with Crippen LogP contribution in [0.15, 0.2) is 23.1 Å². The molecule has 1 aliphatic carbocycles. The van der Waals surface area contributed by atoms with Crippen molar-refractivity contribution in [3.63, 3.8) is 0 Å². The molecule has 0 aromatic heterocycles. The third kappa shape index (κ3) is 3.30. The number of benzene rings is 1. The van der Waals surface area contributed by atoms with E-state index in [0.717, 1.165) is 37.5 Å². The van der Waals surface area contributed by atoms with Crippen LogP contribution in [0.3, 0.4) is 0 Å². The highest BCUT2D eigenvalue weighted by Gasteiger charge is 2.39. The minimum atomic E-state index is -4.00. The highest BCUT2D eigenvalue weighted by Crippen LogP contribution is 2.31. The maximum absolute atomic E-state index is 14.0. The number of hydrazine groups is 1. The molecule has 2 fully saturated rings. The van der Waals surface area contributed by atoms with Gasteiger partial charge in [-0.05, 0) is 37.0 Å². The molecule has 0 bridgehead atoms. The number of carbonyl (C=O) groups is 1. The molecule has 1 saturated heterocycles. The highest BCUT2D eigenvalue weighted by molar-refractivity contribution is 7.89. The third-order valence-electron chi connectivity index (χ3n) is 4.85. The maximum Gasteiger partial charge on any atom is 0.256 e. The van der Waals surface area contributed by atoms with E-state index in [2.05, 4.69) is 10.9 Å². The van der Waals surface area contributed by atoms with E-state index in [0.29, 0.717) is 18.5 Å². The summed E-state index contributed by atoms with van der Waals surface area (Å²) in [6.45, 7) is 0.409. The van der Waals surface area contributed by atoms with Crippen molar-refractivity contribution < 1.29 is 17.6 Å². The molecule has 3 unspecified atom stereocenters. The van der Waals surface area contributed by atoms with E-state index < -0.39 is 21.7 Å². The monoisotopic (exact) mass is 356 g/mol. The van der Waals surface area contributed by atoms with Crippen molar-refractivity contribution in [2.75, 3.05) is 13.6 Å². The lowest BCUT2D eigenvalue weighted by molar-refractivity contribution is 0.0770. The molecule has 1 aromatic rings. The van der Waals surface area contributed by atoms with Crippen LogP contribution in [-0.2, 0) is 10.0 Å². The Kier molecular flexibility index (Phi) is 4.60. The number of carbonyl (C=O) groups excluding carboxylic acids is 1. The Labute approximate surface area is 140 Å². The molecule has 4 N–H and O–H groups in total. The van der Waals surface area contributed by atoms with Gasteiger partial charge in [0.05, 0.1) is 10.5 Å². The van der Waals surface area contributed by atoms with Gasteiger partial charge in [-0.1, -0.05) is 6.42 Å². The summed E-state index contributed by atoms with van der Waals surface area (Å²) in [5.74, 6) is -0.891. The average molecular weight is 356 g/mol. The van der Waals surface area contributed by atoms with E-state index in [-0.39, 0.29) is 16.5 Å². The van der Waals surface area contributed by atoms with Gasteiger partial charge in [0.25, 0.3) is 5.91 Å². The first-order chi connectivity index (χ1) is 11.3. The molecule has 9 heteroatoms. The van der Waals surface area contributed by atoms with Crippen LogP contribution in [0.25, 0.3) is 0 Å². The zero-order valence-corrected chi connectivity index (χ0v) is 14.1. The van der Waals surface area contributed by atoms with Crippen molar-refractivity contribution in [1.29, 1.82) is 0 Å². The van der Waals surface area contributed by atoms with Crippen LogP contribution in [-0.4, -0.2) is 44.9 Å². The maximum atomic E-state index is 14.0. The van der Waals surface area contributed by atoms with Crippen molar-refractivity contribution in [1.82, 2.24) is 15.8 Å². The van der Waals surface area contributed by atoms with E-state index >= 15 is 0 Å². The van der Waals surface area contributed by atoms with Gasteiger partial charge in [0.15, 0.2) is 0 Å². The quantitative estimate of drug-likeness (QED) is 0.714. The van der Waals surface area contributed by atoms with Gasteiger partial charge in [0.1, 0.15) is 5.82 Å². The zero-order valence-electron chi connectivity index (χ0n) is 13.3. The van der Waals surface area contributed by atoms with Crippen molar-refractivity contribution in [2.45, 2.75) is 36.2 Å². The largest absolute Gasteiger partial charge is 0.340 e. The number of likely N-dealkylation sites (N-methyl/N-ethyl adjacent to an activating group) is 1. The number of nitrogens with one attached hydrogen (secondary N) is 2. The Bertz CT molecular complexity index is 755. The minimum Gasteiger partial charge on any atom is -0.340 e. The summed E-state index contributed by atoms with van der Waals surface area (Å²) in [7, 11) is -2.42. The first kappa shape index (κ1) is 17.3. The number of amides is 1. The minimum absolute atomic E-state index is 0.0935. The SMILES string of the molecule is CN(CC1NNC2CCCC21)C(=O)c1cc(S(N)(=O)=O)ccc1F. The number of primary sulfonamides is 1. The van der Waals surface area contributed by atoms with Crippen LogP contribution in [0.4, 0.5) is 4.39 Å². The summed E-state index contributed by atoms with van der Waals surface area (Å²) >= 11 is 0. The fourth-order valence-electron chi connectivity index (χ4n) is 3.58. The summed E-state index contributed by atoms with van der Waals surface area (Å²) in [5.41, 5.74) is 6.13. The van der Waals surface area contributed by atoms with Gasteiger partial charge in [-0.2, -0.15) is 0 Å². The molecular formula is C15H21FN4O3S. The Morgan fingerprint density at radius 2 is 2.12 bits per heavy atom. The fourth-order valence-corrected chi connectivity index (χ4v) is 4.12. The van der Waals surface area contributed by atoms with Crippen LogP contribution in [0.5, 0.6) is 0 Å². The Morgan fingerprint density at radius 3 is 2.83 bits per heavy atom. The van der Waals surface area contributed by atoms with Crippen molar-refractivity contribution >= 4 is 15.9 Å². The predicted molar refractivity (Wildman–Crippen MR) is 85.9 cm³/mol. The van der Waals surface area contributed by atoms with Gasteiger partial charge in [-0.15, -0.1) is 0 Å². The summed E-state index contributed by atoms with van der Waals surface area (Å²) in [6.07, 6.45) is 3.35. The molecule has 1 aromatic carbocycles. The van der Waals surface area contributed by atoms with Crippen LogP contribution in [0, 0.1) is 11.7 Å². The molecule has 1 amide bonds. The van der Waals surface area contributed by atoms with Crippen molar-refractivity contribution in [3.05, 3.63) is 29.6 Å². The number of hydrogen-bond donors (Lipinski definition) is 3. The molecular weight excluding hydrogens is 335 g/mol. The molecule has 1 heterocycles. The Balaban J connectivity index is 1.76. The molecule has 1 aliphatic heterocycles. The number of rotatable bonds is 4. The third-order valence-corrected chi connectivity index (χ3v) is 5.77. The standard InChI is InChI=1S/C15H21FN4O3S/c1-20(8-14-10-3-2-4-13(10)18-19-14)15(21)11-7-9(24(17,22)23)5-6-12(11)16/h5-7,10,13-14,18-19H,2-4,8H2,1H3,(H2,17,22,23). The van der Waals surface area contributed by atoms with Crippen LogP contribution in [0.1, 0.15) is 29.6 Å². The van der Waals surface area contributed by atoms with E-state index in [1.807, 2.05) is 0 Å². The normalized spacial score (nSPS) is 26.4. The Hall–Kier alpha value is -1.55. The smallest absolute Gasteiger partial charge is 0.256 e. The number of fused-ring (bicyclic) bond motifs is 1. The lowest BCUT2D eigenvalue weighted by atomic mass is 9.97. The molecule has 0 spiro atoms. The average Bonchev–Trinajstić information content (AvgIpc) is 3.11. The molecule has 7 nitrogen and oxygen atoms in total. The van der Waals surface area contributed by atoms with E-state index in [1.54, 1.807) is 7.05 Å². The topological polar surface area (TPSA) is 105 Å². The number of halogens is 1. The second kappa shape index (κ2) is 6.40. The van der Waals surface area contributed by atoms with Crippen LogP contribution >= 0.6 is 0 Å².